The van der Waals surface area contributed by atoms with Crippen molar-refractivity contribution in [1.82, 2.24) is 4.98 Å². The molecule has 4 N–H and O–H groups in total. The van der Waals surface area contributed by atoms with Crippen LogP contribution in [0.15, 0.2) is 22.6 Å². The van der Waals surface area contributed by atoms with Crippen LogP contribution in [0.1, 0.15) is 0 Å². The van der Waals surface area contributed by atoms with Gasteiger partial charge in [-0.25, -0.2) is 4.79 Å². The van der Waals surface area contributed by atoms with Crippen molar-refractivity contribution < 1.29 is 14.3 Å². The van der Waals surface area contributed by atoms with Crippen molar-refractivity contribution in [2.75, 3.05) is 5.32 Å². The molecule has 0 aliphatic carbocycles. The molecule has 0 atom stereocenters. The van der Waals surface area contributed by atoms with Crippen LogP contribution in [0.2, 0.25) is 0 Å². The van der Waals surface area contributed by atoms with Gasteiger partial charge in [-0.1, -0.05) is 0 Å². The predicted molar refractivity (Wildman–Crippen MR) is 48.9 cm³/mol. The van der Waals surface area contributed by atoms with E-state index < -0.39 is 6.03 Å². The molecule has 72 valence electrons. The van der Waals surface area contributed by atoms with Gasteiger partial charge in [-0.05, 0) is 12.1 Å². The Morgan fingerprint density at radius 3 is 3.07 bits per heavy atom. The molecule has 0 aliphatic heterocycles. The monoisotopic (exact) mass is 193 g/mol. The van der Waals surface area contributed by atoms with Gasteiger partial charge >= 0.3 is 12.0 Å². The van der Waals surface area contributed by atoms with Crippen molar-refractivity contribution in [2.45, 2.75) is 0 Å². The number of anilines is 1. The molecule has 0 saturated heterocycles. The second kappa shape index (κ2) is 2.91. The fraction of sp³-hybridized carbons (Fsp3) is 0. The van der Waals surface area contributed by atoms with Crippen LogP contribution in [0.4, 0.5) is 10.8 Å². The average molecular weight is 193 g/mol. The number of phenols is 1. The Kier molecular flexibility index (Phi) is 1.74. The lowest BCUT2D eigenvalue weighted by Gasteiger charge is -1.90. The molecule has 1 aromatic heterocycles. The lowest BCUT2D eigenvalue weighted by atomic mass is 10.3. The van der Waals surface area contributed by atoms with Crippen LogP contribution >= 0.6 is 0 Å². The van der Waals surface area contributed by atoms with Gasteiger partial charge < -0.3 is 15.3 Å². The molecule has 0 spiro atoms. The van der Waals surface area contributed by atoms with E-state index in [-0.39, 0.29) is 11.8 Å². The van der Waals surface area contributed by atoms with Crippen LogP contribution < -0.4 is 11.1 Å². The topological polar surface area (TPSA) is 101 Å². The Bertz CT molecular complexity index is 492. The summed E-state index contributed by atoms with van der Waals surface area (Å²) in [6, 6.07) is 3.70. The molecule has 0 fully saturated rings. The van der Waals surface area contributed by atoms with E-state index in [1.54, 1.807) is 6.07 Å². The third kappa shape index (κ3) is 1.45. The minimum Gasteiger partial charge on any atom is -0.508 e. The van der Waals surface area contributed by atoms with E-state index in [0.29, 0.717) is 11.1 Å². The van der Waals surface area contributed by atoms with Crippen molar-refractivity contribution in [1.29, 1.82) is 0 Å². The number of aromatic hydroxyl groups is 1. The number of nitrogens with one attached hydrogen (secondary N) is 1. The SMILES string of the molecule is NC(=O)Nc1nc2ccc(O)cc2o1. The summed E-state index contributed by atoms with van der Waals surface area (Å²) in [5.41, 5.74) is 5.79. The van der Waals surface area contributed by atoms with E-state index in [0.717, 1.165) is 0 Å². The maximum absolute atomic E-state index is 10.5. The normalized spacial score (nSPS) is 10.3. The number of benzene rings is 1. The first kappa shape index (κ1) is 8.36. The molecule has 2 rings (SSSR count). The van der Waals surface area contributed by atoms with E-state index in [1.807, 2.05) is 0 Å². The minimum atomic E-state index is -0.749. The molecule has 0 aliphatic rings. The number of amides is 2. The molecule has 6 nitrogen and oxygen atoms in total. The number of rotatable bonds is 1. The lowest BCUT2D eigenvalue weighted by molar-refractivity contribution is 0.259. The molecular weight excluding hydrogens is 186 g/mol. The van der Waals surface area contributed by atoms with Crippen molar-refractivity contribution >= 4 is 23.1 Å². The highest BCUT2D eigenvalue weighted by molar-refractivity contribution is 5.87. The second-order valence-corrected chi connectivity index (χ2v) is 2.66. The zero-order valence-corrected chi connectivity index (χ0v) is 7.02. The van der Waals surface area contributed by atoms with E-state index in [9.17, 15) is 4.79 Å². The molecule has 2 aromatic rings. The van der Waals surface area contributed by atoms with Gasteiger partial charge in [0.15, 0.2) is 5.58 Å². The largest absolute Gasteiger partial charge is 0.508 e. The van der Waals surface area contributed by atoms with E-state index in [2.05, 4.69) is 10.3 Å². The number of carbonyl (C=O) groups excluding carboxylic acids is 1. The molecular formula is C8H7N3O3. The van der Waals surface area contributed by atoms with Crippen molar-refractivity contribution in [3.8, 4) is 5.75 Å². The summed E-state index contributed by atoms with van der Waals surface area (Å²) in [6.45, 7) is 0. The number of fused-ring (bicyclic) bond motifs is 1. The first-order valence-electron chi connectivity index (χ1n) is 3.81. The summed E-state index contributed by atoms with van der Waals surface area (Å²) in [6.07, 6.45) is 0. The fourth-order valence-corrected chi connectivity index (χ4v) is 1.07. The third-order valence-corrected chi connectivity index (χ3v) is 1.60. The van der Waals surface area contributed by atoms with Gasteiger partial charge in [-0.15, -0.1) is 0 Å². The zero-order valence-electron chi connectivity index (χ0n) is 7.02. The zero-order chi connectivity index (χ0) is 10.1. The van der Waals surface area contributed by atoms with Crippen LogP contribution in [0.5, 0.6) is 5.75 Å². The van der Waals surface area contributed by atoms with Crippen LogP contribution in [0.25, 0.3) is 11.1 Å². The first-order chi connectivity index (χ1) is 6.65. The quantitative estimate of drug-likeness (QED) is 0.629. The third-order valence-electron chi connectivity index (χ3n) is 1.60. The van der Waals surface area contributed by atoms with Gasteiger partial charge in [-0.3, -0.25) is 5.32 Å². The Morgan fingerprint density at radius 2 is 2.36 bits per heavy atom. The number of hydrogen-bond donors (Lipinski definition) is 3. The Labute approximate surface area is 78.3 Å². The highest BCUT2D eigenvalue weighted by Gasteiger charge is 2.07. The number of hydrogen-bond acceptors (Lipinski definition) is 4. The fourth-order valence-electron chi connectivity index (χ4n) is 1.07. The van der Waals surface area contributed by atoms with Gasteiger partial charge in [0.2, 0.25) is 0 Å². The highest BCUT2D eigenvalue weighted by atomic mass is 16.4. The van der Waals surface area contributed by atoms with Crippen molar-refractivity contribution in [3.63, 3.8) is 0 Å². The van der Waals surface area contributed by atoms with Crippen molar-refractivity contribution in [3.05, 3.63) is 18.2 Å². The number of primary amides is 1. The summed E-state index contributed by atoms with van der Waals surface area (Å²) < 4.78 is 5.08. The number of phenolic OH excluding ortho intramolecular Hbond substituents is 1. The van der Waals surface area contributed by atoms with Gasteiger partial charge in [0.05, 0.1) is 0 Å². The van der Waals surface area contributed by atoms with Gasteiger partial charge in [0.1, 0.15) is 11.3 Å². The lowest BCUT2D eigenvalue weighted by Crippen LogP contribution is -2.19. The molecule has 14 heavy (non-hydrogen) atoms. The molecule has 6 heteroatoms. The molecule has 1 aromatic carbocycles. The molecule has 0 radical (unpaired) electrons. The van der Waals surface area contributed by atoms with Gasteiger partial charge in [-0.2, -0.15) is 4.98 Å². The molecule has 2 amide bonds. The van der Waals surface area contributed by atoms with Crippen LogP contribution in [0.3, 0.4) is 0 Å². The Morgan fingerprint density at radius 1 is 1.57 bits per heavy atom. The van der Waals surface area contributed by atoms with E-state index in [4.69, 9.17) is 15.3 Å². The number of carbonyl (C=O) groups is 1. The van der Waals surface area contributed by atoms with Crippen LogP contribution in [-0.2, 0) is 0 Å². The predicted octanol–water partition coefficient (Wildman–Crippen LogP) is 1.02. The average Bonchev–Trinajstić information content (AvgIpc) is 2.44. The number of nitrogens with zero attached hydrogens (tertiary/aromatic N) is 1. The molecule has 0 bridgehead atoms. The minimum absolute atomic E-state index is 0.0121. The molecule has 0 saturated carbocycles. The Hall–Kier alpha value is -2.24. The van der Waals surface area contributed by atoms with E-state index in [1.165, 1.54) is 12.1 Å². The Balaban J connectivity index is 2.46. The summed E-state index contributed by atoms with van der Waals surface area (Å²) >= 11 is 0. The van der Waals surface area contributed by atoms with Crippen LogP contribution in [-0.4, -0.2) is 16.1 Å². The summed E-state index contributed by atoms with van der Waals surface area (Å²) in [5.74, 6) is 0.0688. The maximum Gasteiger partial charge on any atom is 0.320 e. The number of oxazole rings is 1. The number of nitrogens with two attached hydrogens (primary N) is 1. The van der Waals surface area contributed by atoms with Gasteiger partial charge in [0, 0.05) is 6.07 Å². The van der Waals surface area contributed by atoms with E-state index >= 15 is 0 Å². The smallest absolute Gasteiger partial charge is 0.320 e. The van der Waals surface area contributed by atoms with Gasteiger partial charge in [0.25, 0.3) is 0 Å². The number of aromatic nitrogens is 1. The summed E-state index contributed by atoms with van der Waals surface area (Å²) in [7, 11) is 0. The maximum atomic E-state index is 10.5. The van der Waals surface area contributed by atoms with Crippen molar-refractivity contribution in [2.24, 2.45) is 5.73 Å². The second-order valence-electron chi connectivity index (χ2n) is 2.66. The standard InChI is InChI=1S/C8H7N3O3/c9-7(13)11-8-10-5-2-1-4(12)3-6(5)14-8/h1-3,12H,(H3,9,10,11,13). The number of urea groups is 1. The first-order valence-corrected chi connectivity index (χ1v) is 3.81. The molecule has 1 heterocycles. The molecule has 0 unspecified atom stereocenters. The summed E-state index contributed by atoms with van der Waals surface area (Å²) in [5, 5.41) is 11.3. The summed E-state index contributed by atoms with van der Waals surface area (Å²) in [4.78, 5) is 14.4. The highest BCUT2D eigenvalue weighted by Crippen LogP contribution is 2.22. The van der Waals surface area contributed by atoms with Crippen LogP contribution in [0, 0.1) is 0 Å².